The van der Waals surface area contributed by atoms with E-state index in [1.54, 1.807) is 32.9 Å². The molecule has 196 valence electrons. The molecule has 1 fully saturated rings. The van der Waals surface area contributed by atoms with Crippen molar-refractivity contribution in [3.63, 3.8) is 0 Å². The normalized spacial score (nSPS) is 15.6. The molecule has 0 radical (unpaired) electrons. The molecule has 0 aliphatic carbocycles. The molecule has 2 aromatic carbocycles. The van der Waals surface area contributed by atoms with Gasteiger partial charge in [-0.05, 0) is 63.4 Å². The smallest absolute Gasteiger partial charge is 0.407 e. The first-order valence-electron chi connectivity index (χ1n) is 12.2. The Morgan fingerprint density at radius 2 is 1.69 bits per heavy atom. The Bertz CT molecular complexity index is 958. The number of likely N-dealkylation sites (tertiary alicyclic amines) is 1. The molecule has 1 aliphatic heterocycles. The SMILES string of the molecule is CC(C)(C)OC(=O)NC[C@H](CN1CCC(Oc2ccc(F)cc2)CC1)NC(=O)OCc1ccccc1. The fourth-order valence-corrected chi connectivity index (χ4v) is 3.84. The molecule has 8 nitrogen and oxygen atoms in total. The lowest BCUT2D eigenvalue weighted by Gasteiger charge is -2.34. The Hall–Kier alpha value is -3.33. The van der Waals surface area contributed by atoms with Crippen LogP contribution in [0.5, 0.6) is 5.75 Å². The first-order chi connectivity index (χ1) is 17.2. The van der Waals surface area contributed by atoms with Crippen LogP contribution >= 0.6 is 0 Å². The number of rotatable bonds is 9. The molecule has 1 saturated heterocycles. The summed E-state index contributed by atoms with van der Waals surface area (Å²) in [6.45, 7) is 7.78. The Kier molecular flexibility index (Phi) is 9.93. The number of benzene rings is 2. The van der Waals surface area contributed by atoms with Crippen LogP contribution in [-0.2, 0) is 16.1 Å². The van der Waals surface area contributed by atoms with E-state index in [2.05, 4.69) is 15.5 Å². The molecule has 3 rings (SSSR count). The third-order valence-corrected chi connectivity index (χ3v) is 5.56. The van der Waals surface area contributed by atoms with E-state index in [0.717, 1.165) is 31.5 Å². The van der Waals surface area contributed by atoms with Crippen molar-refractivity contribution in [1.82, 2.24) is 15.5 Å². The molecule has 36 heavy (non-hydrogen) atoms. The van der Waals surface area contributed by atoms with E-state index >= 15 is 0 Å². The van der Waals surface area contributed by atoms with Crippen molar-refractivity contribution in [2.24, 2.45) is 0 Å². The van der Waals surface area contributed by atoms with Gasteiger partial charge < -0.3 is 29.7 Å². The van der Waals surface area contributed by atoms with Gasteiger partial charge in [0.15, 0.2) is 0 Å². The summed E-state index contributed by atoms with van der Waals surface area (Å²) in [5.41, 5.74) is 0.271. The van der Waals surface area contributed by atoms with Crippen molar-refractivity contribution >= 4 is 12.2 Å². The molecule has 9 heteroatoms. The quantitative estimate of drug-likeness (QED) is 0.526. The Labute approximate surface area is 212 Å². The molecule has 1 aliphatic rings. The van der Waals surface area contributed by atoms with Crippen molar-refractivity contribution in [3.05, 3.63) is 66.0 Å². The van der Waals surface area contributed by atoms with Gasteiger partial charge in [-0.3, -0.25) is 0 Å². The number of amides is 2. The molecule has 0 spiro atoms. The molecule has 1 atom stereocenters. The maximum Gasteiger partial charge on any atom is 0.407 e. The number of carbonyl (C=O) groups excluding carboxylic acids is 2. The number of nitrogens with zero attached hydrogens (tertiary/aromatic N) is 1. The highest BCUT2D eigenvalue weighted by atomic mass is 19.1. The number of carbonyl (C=O) groups is 2. The summed E-state index contributed by atoms with van der Waals surface area (Å²) in [4.78, 5) is 26.8. The summed E-state index contributed by atoms with van der Waals surface area (Å²) in [7, 11) is 0. The van der Waals surface area contributed by atoms with Gasteiger partial charge >= 0.3 is 12.2 Å². The summed E-state index contributed by atoms with van der Waals surface area (Å²) < 4.78 is 29.8. The van der Waals surface area contributed by atoms with Gasteiger partial charge in [-0.15, -0.1) is 0 Å². The second-order valence-electron chi connectivity index (χ2n) is 9.86. The van der Waals surface area contributed by atoms with Crippen molar-refractivity contribution in [1.29, 1.82) is 0 Å². The van der Waals surface area contributed by atoms with Crippen LogP contribution in [0.15, 0.2) is 54.6 Å². The van der Waals surface area contributed by atoms with E-state index in [1.165, 1.54) is 12.1 Å². The molecule has 0 bridgehead atoms. The zero-order valence-electron chi connectivity index (χ0n) is 21.2. The highest BCUT2D eigenvalue weighted by Gasteiger charge is 2.25. The zero-order chi connectivity index (χ0) is 26.0. The molecule has 0 unspecified atom stereocenters. The molecule has 0 aromatic heterocycles. The average molecular weight is 502 g/mol. The van der Waals surface area contributed by atoms with Crippen LogP contribution in [0.25, 0.3) is 0 Å². The Morgan fingerprint density at radius 3 is 2.33 bits per heavy atom. The Balaban J connectivity index is 1.50. The maximum absolute atomic E-state index is 13.1. The van der Waals surface area contributed by atoms with E-state index in [4.69, 9.17) is 14.2 Å². The molecular weight excluding hydrogens is 465 g/mol. The largest absolute Gasteiger partial charge is 0.490 e. The lowest BCUT2D eigenvalue weighted by molar-refractivity contribution is 0.0511. The van der Waals surface area contributed by atoms with Gasteiger partial charge in [0.25, 0.3) is 0 Å². The van der Waals surface area contributed by atoms with Gasteiger partial charge in [-0.25, -0.2) is 14.0 Å². The van der Waals surface area contributed by atoms with Gasteiger partial charge in [-0.2, -0.15) is 0 Å². The highest BCUT2D eigenvalue weighted by Crippen LogP contribution is 2.19. The molecule has 2 amide bonds. The van der Waals surface area contributed by atoms with Gasteiger partial charge in [0, 0.05) is 26.2 Å². The van der Waals surface area contributed by atoms with Crippen LogP contribution in [0.1, 0.15) is 39.2 Å². The maximum atomic E-state index is 13.1. The first-order valence-corrected chi connectivity index (χ1v) is 12.2. The van der Waals surface area contributed by atoms with Crippen LogP contribution in [0, 0.1) is 5.82 Å². The summed E-state index contributed by atoms with van der Waals surface area (Å²) in [5, 5.41) is 5.61. The van der Waals surface area contributed by atoms with Crippen molar-refractivity contribution in [3.8, 4) is 5.75 Å². The standard InChI is InChI=1S/C27H36FN3O5/c1-27(2,3)36-25(32)29-17-22(30-26(33)34-19-20-7-5-4-6-8-20)18-31-15-13-24(14-16-31)35-23-11-9-21(28)10-12-23/h4-12,22,24H,13-19H2,1-3H3,(H,29,32)(H,30,33)/t22-/m1/s1. The second-order valence-corrected chi connectivity index (χ2v) is 9.86. The van der Waals surface area contributed by atoms with E-state index in [1.807, 2.05) is 30.3 Å². The number of hydrogen-bond donors (Lipinski definition) is 2. The van der Waals surface area contributed by atoms with Gasteiger partial charge in [0.05, 0.1) is 6.04 Å². The third kappa shape index (κ3) is 10.1. The van der Waals surface area contributed by atoms with Crippen molar-refractivity contribution in [2.75, 3.05) is 26.2 Å². The van der Waals surface area contributed by atoms with Crippen LogP contribution in [-0.4, -0.2) is 61.0 Å². The van der Waals surface area contributed by atoms with E-state index in [0.29, 0.717) is 12.3 Å². The number of halogens is 1. The first kappa shape index (κ1) is 27.3. The fourth-order valence-electron chi connectivity index (χ4n) is 3.84. The lowest BCUT2D eigenvalue weighted by Crippen LogP contribution is -2.52. The number of hydrogen-bond acceptors (Lipinski definition) is 6. The monoisotopic (exact) mass is 501 g/mol. The molecule has 2 N–H and O–H groups in total. The van der Waals surface area contributed by atoms with E-state index in [9.17, 15) is 14.0 Å². The highest BCUT2D eigenvalue weighted by molar-refractivity contribution is 5.69. The lowest BCUT2D eigenvalue weighted by atomic mass is 10.1. The molecule has 0 saturated carbocycles. The van der Waals surface area contributed by atoms with Crippen molar-refractivity contribution < 1.29 is 28.2 Å². The second kappa shape index (κ2) is 13.1. The Morgan fingerprint density at radius 1 is 1.03 bits per heavy atom. The topological polar surface area (TPSA) is 89.1 Å². The minimum Gasteiger partial charge on any atom is -0.490 e. The average Bonchev–Trinajstić information content (AvgIpc) is 2.83. The number of alkyl carbamates (subject to hydrolysis) is 2. The minimum absolute atomic E-state index is 0.0360. The number of piperidine rings is 1. The van der Waals surface area contributed by atoms with E-state index < -0.39 is 17.8 Å². The molecular formula is C27H36FN3O5. The fraction of sp³-hybridized carbons (Fsp3) is 0.481. The predicted molar refractivity (Wildman–Crippen MR) is 134 cm³/mol. The third-order valence-electron chi connectivity index (χ3n) is 5.56. The summed E-state index contributed by atoms with van der Waals surface area (Å²) in [6, 6.07) is 15.1. The van der Waals surface area contributed by atoms with E-state index in [-0.39, 0.29) is 31.1 Å². The summed E-state index contributed by atoms with van der Waals surface area (Å²) >= 11 is 0. The van der Waals surface area contributed by atoms with Gasteiger partial charge in [-0.1, -0.05) is 30.3 Å². The van der Waals surface area contributed by atoms with Crippen LogP contribution in [0.4, 0.5) is 14.0 Å². The summed E-state index contributed by atoms with van der Waals surface area (Å²) in [5.74, 6) is 0.357. The van der Waals surface area contributed by atoms with Crippen LogP contribution < -0.4 is 15.4 Å². The van der Waals surface area contributed by atoms with Crippen molar-refractivity contribution in [2.45, 2.75) is 58.0 Å². The van der Waals surface area contributed by atoms with Crippen LogP contribution in [0.2, 0.25) is 0 Å². The van der Waals surface area contributed by atoms with Gasteiger partial charge in [0.1, 0.15) is 29.9 Å². The molecule has 1 heterocycles. The van der Waals surface area contributed by atoms with Gasteiger partial charge in [0.2, 0.25) is 0 Å². The predicted octanol–water partition coefficient (Wildman–Crippen LogP) is 4.49. The summed E-state index contributed by atoms with van der Waals surface area (Å²) in [6.07, 6.45) is 0.529. The minimum atomic E-state index is -0.617. The number of ether oxygens (including phenoxy) is 3. The zero-order valence-corrected chi connectivity index (χ0v) is 21.2. The number of nitrogens with one attached hydrogen (secondary N) is 2. The molecule has 2 aromatic rings. The van der Waals surface area contributed by atoms with Crippen LogP contribution in [0.3, 0.4) is 0 Å².